The number of hydrogen-bond donors (Lipinski definition) is 2. The second-order valence-corrected chi connectivity index (χ2v) is 3.91. The highest BCUT2D eigenvalue weighted by Gasteiger charge is 2.34. The van der Waals surface area contributed by atoms with E-state index < -0.39 is 33.6 Å². The maximum atomic E-state index is 11.8. The van der Waals surface area contributed by atoms with Crippen molar-refractivity contribution >= 4 is 11.7 Å². The monoisotopic (exact) mass is 295 g/mol. The van der Waals surface area contributed by atoms with E-state index in [1.165, 1.54) is 6.92 Å². The molecule has 0 aliphatic carbocycles. The normalized spacial score (nSPS) is 10.4. The van der Waals surface area contributed by atoms with Gasteiger partial charge in [-0.05, 0) is 13.0 Å². The molecule has 10 heteroatoms. The smallest absolute Gasteiger partial charge is 0.345 e. The molecule has 2 rings (SSSR count). The first-order valence-electron chi connectivity index (χ1n) is 5.49. The summed E-state index contributed by atoms with van der Waals surface area (Å²) in [4.78, 5) is 25.7. The lowest BCUT2D eigenvalue weighted by Gasteiger charge is -2.08. The van der Waals surface area contributed by atoms with Gasteiger partial charge in [-0.25, -0.2) is 4.79 Å². The molecule has 0 unspecified atom stereocenters. The predicted octanol–water partition coefficient (Wildman–Crippen LogP) is 1.15. The van der Waals surface area contributed by atoms with Crippen molar-refractivity contribution in [1.29, 1.82) is 0 Å². The third kappa shape index (κ3) is 2.33. The fraction of sp³-hybridized carbons (Fsp3) is 0.182. The summed E-state index contributed by atoms with van der Waals surface area (Å²) >= 11 is 0. The molecular formula is C11H9N3O7. The quantitative estimate of drug-likeness (QED) is 0.368. The van der Waals surface area contributed by atoms with Crippen LogP contribution in [0.15, 0.2) is 10.6 Å². The predicted molar refractivity (Wildman–Crippen MR) is 65.8 cm³/mol. The molecule has 1 aromatic heterocycles. The summed E-state index contributed by atoms with van der Waals surface area (Å²) in [6.45, 7) is 1.50. The summed E-state index contributed by atoms with van der Waals surface area (Å²) in [5.74, 6) is -2.97. The minimum absolute atomic E-state index is 0.218. The number of ether oxygens (including phenoxy) is 1. The number of carbonyl (C=O) groups is 1. The standard InChI is InChI=1S/C11H9N3O7/c1-4-12-10(21-13-4)5-3-6(15)9(16)8(14(18)19)7(5)11(17)20-2/h3,15-16H,1-2H3. The summed E-state index contributed by atoms with van der Waals surface area (Å²) < 4.78 is 9.30. The van der Waals surface area contributed by atoms with Gasteiger partial charge >= 0.3 is 11.7 Å². The van der Waals surface area contributed by atoms with Crippen molar-refractivity contribution in [2.45, 2.75) is 6.92 Å². The number of carbonyl (C=O) groups excluding carboxylic acids is 1. The molecule has 2 aromatic rings. The molecule has 0 aliphatic rings. The highest BCUT2D eigenvalue weighted by atomic mass is 16.6. The first kappa shape index (κ1) is 14.2. The number of methoxy groups -OCH3 is 1. The third-order valence-corrected chi connectivity index (χ3v) is 2.58. The topological polar surface area (TPSA) is 149 Å². The van der Waals surface area contributed by atoms with E-state index in [-0.39, 0.29) is 17.3 Å². The van der Waals surface area contributed by atoms with Gasteiger partial charge < -0.3 is 19.5 Å². The van der Waals surface area contributed by atoms with E-state index in [0.29, 0.717) is 0 Å². The molecule has 1 aromatic carbocycles. The molecule has 0 saturated carbocycles. The average Bonchev–Trinajstić information content (AvgIpc) is 2.86. The lowest BCUT2D eigenvalue weighted by Crippen LogP contribution is -2.08. The average molecular weight is 295 g/mol. The second-order valence-electron chi connectivity index (χ2n) is 3.91. The first-order chi connectivity index (χ1) is 9.86. The molecule has 1 heterocycles. The number of rotatable bonds is 3. The van der Waals surface area contributed by atoms with Crippen LogP contribution in [-0.4, -0.2) is 38.4 Å². The van der Waals surface area contributed by atoms with Gasteiger partial charge in [-0.3, -0.25) is 10.1 Å². The number of nitrogens with zero attached hydrogens (tertiary/aromatic N) is 3. The van der Waals surface area contributed by atoms with Gasteiger partial charge in [0, 0.05) is 0 Å². The highest BCUT2D eigenvalue weighted by molar-refractivity contribution is 6.02. The van der Waals surface area contributed by atoms with Crippen LogP contribution in [0, 0.1) is 17.0 Å². The van der Waals surface area contributed by atoms with E-state index >= 15 is 0 Å². The Hall–Kier alpha value is -3.17. The van der Waals surface area contributed by atoms with E-state index in [1.807, 2.05) is 0 Å². The lowest BCUT2D eigenvalue weighted by molar-refractivity contribution is -0.386. The molecule has 2 N–H and O–H groups in total. The summed E-state index contributed by atoms with van der Waals surface area (Å²) in [5, 5.41) is 33.7. The van der Waals surface area contributed by atoms with Crippen LogP contribution in [0.2, 0.25) is 0 Å². The Balaban J connectivity index is 2.86. The van der Waals surface area contributed by atoms with E-state index in [4.69, 9.17) is 4.52 Å². The Bertz CT molecular complexity index is 738. The number of aromatic nitrogens is 2. The van der Waals surface area contributed by atoms with Crippen molar-refractivity contribution in [2.75, 3.05) is 7.11 Å². The number of esters is 1. The van der Waals surface area contributed by atoms with Gasteiger partial charge in [0.15, 0.2) is 17.1 Å². The Morgan fingerprint density at radius 1 is 1.48 bits per heavy atom. The maximum absolute atomic E-state index is 11.8. The van der Waals surface area contributed by atoms with Crippen LogP contribution >= 0.6 is 0 Å². The van der Waals surface area contributed by atoms with Crippen LogP contribution in [-0.2, 0) is 4.74 Å². The van der Waals surface area contributed by atoms with E-state index in [9.17, 15) is 25.1 Å². The van der Waals surface area contributed by atoms with Crippen LogP contribution in [0.5, 0.6) is 11.5 Å². The van der Waals surface area contributed by atoms with Gasteiger partial charge in [0.25, 0.3) is 5.89 Å². The zero-order chi connectivity index (χ0) is 15.7. The van der Waals surface area contributed by atoms with Crippen LogP contribution in [0.4, 0.5) is 5.69 Å². The fourth-order valence-corrected chi connectivity index (χ4v) is 1.71. The summed E-state index contributed by atoms with van der Waals surface area (Å²) in [7, 11) is 1.01. The van der Waals surface area contributed by atoms with Gasteiger partial charge in [0.1, 0.15) is 0 Å². The van der Waals surface area contributed by atoms with Crippen molar-refractivity contribution in [3.05, 3.63) is 27.6 Å². The maximum Gasteiger partial charge on any atom is 0.345 e. The van der Waals surface area contributed by atoms with Gasteiger partial charge in [-0.2, -0.15) is 4.98 Å². The van der Waals surface area contributed by atoms with Crippen molar-refractivity contribution in [3.8, 4) is 23.0 Å². The second kappa shape index (κ2) is 5.07. The number of phenolic OH excluding ortho intramolecular Hbond substituents is 2. The SMILES string of the molecule is COC(=O)c1c(-c2nc(C)no2)cc(O)c(O)c1[N+](=O)[O-]. The van der Waals surface area contributed by atoms with Crippen LogP contribution in [0.1, 0.15) is 16.2 Å². The van der Waals surface area contributed by atoms with Gasteiger partial charge in [-0.1, -0.05) is 5.16 Å². The molecule has 21 heavy (non-hydrogen) atoms. The number of phenols is 2. The minimum atomic E-state index is -1.09. The molecule has 110 valence electrons. The molecule has 0 radical (unpaired) electrons. The van der Waals surface area contributed by atoms with E-state index in [1.54, 1.807) is 0 Å². The highest BCUT2D eigenvalue weighted by Crippen LogP contribution is 2.43. The van der Waals surface area contributed by atoms with Crippen LogP contribution in [0.25, 0.3) is 11.5 Å². The molecule has 0 bridgehead atoms. The Morgan fingerprint density at radius 2 is 2.14 bits per heavy atom. The molecule has 0 amide bonds. The summed E-state index contributed by atoms with van der Waals surface area (Å²) in [6.07, 6.45) is 0. The molecule has 0 atom stereocenters. The minimum Gasteiger partial charge on any atom is -0.504 e. The van der Waals surface area contributed by atoms with Gasteiger partial charge in [0.05, 0.1) is 17.6 Å². The molecule has 0 spiro atoms. The number of aromatic hydroxyl groups is 2. The summed E-state index contributed by atoms with van der Waals surface area (Å²) in [6, 6.07) is 0.904. The Morgan fingerprint density at radius 3 is 2.62 bits per heavy atom. The van der Waals surface area contributed by atoms with E-state index in [0.717, 1.165) is 13.2 Å². The number of nitro benzene ring substituents is 1. The van der Waals surface area contributed by atoms with Crippen molar-refractivity contribution in [1.82, 2.24) is 10.1 Å². The van der Waals surface area contributed by atoms with Crippen molar-refractivity contribution in [3.63, 3.8) is 0 Å². The Kier molecular flexibility index (Phi) is 3.44. The summed E-state index contributed by atoms with van der Waals surface area (Å²) in [5.41, 5.74) is -1.82. The van der Waals surface area contributed by atoms with E-state index in [2.05, 4.69) is 14.9 Å². The number of hydrogen-bond acceptors (Lipinski definition) is 9. The molecule has 10 nitrogen and oxygen atoms in total. The molecule has 0 fully saturated rings. The van der Waals surface area contributed by atoms with Gasteiger partial charge in [0.2, 0.25) is 5.75 Å². The van der Waals surface area contributed by atoms with Crippen molar-refractivity contribution < 1.29 is 29.2 Å². The van der Waals surface area contributed by atoms with Crippen molar-refractivity contribution in [2.24, 2.45) is 0 Å². The first-order valence-corrected chi connectivity index (χ1v) is 5.49. The Labute approximate surface area is 116 Å². The van der Waals surface area contributed by atoms with Crippen LogP contribution < -0.4 is 0 Å². The van der Waals surface area contributed by atoms with Crippen LogP contribution in [0.3, 0.4) is 0 Å². The number of benzene rings is 1. The zero-order valence-corrected chi connectivity index (χ0v) is 10.9. The molecule has 0 aliphatic heterocycles. The number of aryl methyl sites for hydroxylation is 1. The third-order valence-electron chi connectivity index (χ3n) is 2.58. The van der Waals surface area contributed by atoms with Gasteiger partial charge in [-0.15, -0.1) is 0 Å². The molecule has 0 saturated heterocycles. The zero-order valence-electron chi connectivity index (χ0n) is 10.9. The lowest BCUT2D eigenvalue weighted by atomic mass is 10.0. The molecular weight excluding hydrogens is 286 g/mol. The fourth-order valence-electron chi connectivity index (χ4n) is 1.71. The largest absolute Gasteiger partial charge is 0.504 e. The number of nitro groups is 1.